The van der Waals surface area contributed by atoms with E-state index in [1.54, 1.807) is 6.20 Å². The largest absolute Gasteiger partial charge is 0.461 e. The fourth-order valence-corrected chi connectivity index (χ4v) is 1.92. The van der Waals surface area contributed by atoms with Gasteiger partial charge in [-0.3, -0.25) is 4.79 Å². The molecule has 0 radical (unpaired) electrons. The number of aromatic nitrogens is 2. The van der Waals surface area contributed by atoms with Gasteiger partial charge in [0.15, 0.2) is 0 Å². The number of nitrogens with zero attached hydrogens (tertiary/aromatic N) is 2. The van der Waals surface area contributed by atoms with Crippen LogP contribution in [0.4, 0.5) is 0 Å². The van der Waals surface area contributed by atoms with E-state index in [0.29, 0.717) is 19.7 Å². The molecule has 0 aliphatic heterocycles. The van der Waals surface area contributed by atoms with E-state index < -0.39 is 0 Å². The molecule has 0 fully saturated rings. The van der Waals surface area contributed by atoms with Crippen LogP contribution in [0.25, 0.3) is 0 Å². The smallest absolute Gasteiger partial charge is 0.310 e. The van der Waals surface area contributed by atoms with Gasteiger partial charge in [-0.05, 0) is 5.56 Å². The van der Waals surface area contributed by atoms with E-state index in [1.165, 1.54) is 0 Å². The Kier molecular flexibility index (Phi) is 5.51. The number of hydrogen-bond donors (Lipinski definition) is 1. The van der Waals surface area contributed by atoms with Crippen LogP contribution in [0.3, 0.4) is 0 Å². The lowest BCUT2D eigenvalue weighted by atomic mass is 10.2. The molecule has 2 aromatic rings. The normalized spacial score (nSPS) is 12.1. The van der Waals surface area contributed by atoms with Crippen LogP contribution < -0.4 is 5.32 Å². The lowest BCUT2D eigenvalue weighted by molar-refractivity contribution is -0.149. The Labute approximate surface area is 125 Å². The molecule has 1 aromatic heterocycles. The van der Waals surface area contributed by atoms with Crippen LogP contribution in [0.1, 0.15) is 18.3 Å². The Balaban J connectivity index is 1.69. The molecular formula is C16H21N3O2. The summed E-state index contributed by atoms with van der Waals surface area (Å²) in [5.74, 6) is 0.569. The molecule has 0 amide bonds. The fourth-order valence-electron chi connectivity index (χ4n) is 1.92. The summed E-state index contributed by atoms with van der Waals surface area (Å²) in [4.78, 5) is 16.1. The molecule has 5 nitrogen and oxygen atoms in total. The SMILES string of the molecule is CC(CNCc1nccn1C)C(=O)OCc1ccccc1. The van der Waals surface area contributed by atoms with Gasteiger partial charge in [0.2, 0.25) is 0 Å². The number of ether oxygens (including phenoxy) is 1. The molecular weight excluding hydrogens is 266 g/mol. The lowest BCUT2D eigenvalue weighted by Crippen LogP contribution is -2.28. The topological polar surface area (TPSA) is 56.2 Å². The summed E-state index contributed by atoms with van der Waals surface area (Å²) in [6.45, 7) is 3.39. The standard InChI is InChI=1S/C16H21N3O2/c1-13(10-17-11-15-18-8-9-19(15)2)16(20)21-12-14-6-4-3-5-7-14/h3-9,13,17H,10-12H2,1-2H3. The highest BCUT2D eigenvalue weighted by Crippen LogP contribution is 2.04. The summed E-state index contributed by atoms with van der Waals surface area (Å²) in [7, 11) is 1.95. The highest BCUT2D eigenvalue weighted by atomic mass is 16.5. The summed E-state index contributed by atoms with van der Waals surface area (Å²) < 4.78 is 7.25. The van der Waals surface area contributed by atoms with E-state index >= 15 is 0 Å². The maximum atomic E-state index is 11.9. The first-order valence-electron chi connectivity index (χ1n) is 7.04. The van der Waals surface area contributed by atoms with Crippen LogP contribution in [0.5, 0.6) is 0 Å². The van der Waals surface area contributed by atoms with Crippen molar-refractivity contribution in [2.75, 3.05) is 6.54 Å². The van der Waals surface area contributed by atoms with Crippen molar-refractivity contribution < 1.29 is 9.53 Å². The van der Waals surface area contributed by atoms with Crippen molar-refractivity contribution in [3.8, 4) is 0 Å². The molecule has 1 aromatic carbocycles. The first kappa shape index (κ1) is 15.3. The third-order valence-electron chi connectivity index (χ3n) is 3.28. The second kappa shape index (κ2) is 7.59. The van der Waals surface area contributed by atoms with Gasteiger partial charge in [0.05, 0.1) is 12.5 Å². The second-order valence-corrected chi connectivity index (χ2v) is 5.08. The number of nitrogens with one attached hydrogen (secondary N) is 1. The number of rotatable bonds is 7. The average Bonchev–Trinajstić information content (AvgIpc) is 2.91. The number of aryl methyl sites for hydroxylation is 1. The Morgan fingerprint density at radius 2 is 2.14 bits per heavy atom. The van der Waals surface area contributed by atoms with Crippen molar-refractivity contribution in [3.63, 3.8) is 0 Å². The van der Waals surface area contributed by atoms with Gasteiger partial charge in [0.1, 0.15) is 12.4 Å². The minimum atomic E-state index is -0.189. The van der Waals surface area contributed by atoms with Gasteiger partial charge in [0.25, 0.3) is 0 Å². The fraction of sp³-hybridized carbons (Fsp3) is 0.375. The molecule has 0 bridgehead atoms. The van der Waals surface area contributed by atoms with E-state index in [9.17, 15) is 4.79 Å². The van der Waals surface area contributed by atoms with E-state index in [0.717, 1.165) is 11.4 Å². The van der Waals surface area contributed by atoms with Crippen molar-refractivity contribution in [3.05, 3.63) is 54.1 Å². The predicted molar refractivity (Wildman–Crippen MR) is 80.3 cm³/mol. The molecule has 0 saturated carbocycles. The van der Waals surface area contributed by atoms with E-state index in [1.807, 2.05) is 55.1 Å². The third kappa shape index (κ3) is 4.72. The number of hydrogen-bond acceptors (Lipinski definition) is 4. The molecule has 0 aliphatic carbocycles. The molecule has 2 rings (SSSR count). The van der Waals surface area contributed by atoms with Gasteiger partial charge in [-0.25, -0.2) is 4.98 Å². The van der Waals surface area contributed by atoms with Crippen molar-refractivity contribution in [1.29, 1.82) is 0 Å². The van der Waals surface area contributed by atoms with Crippen molar-refractivity contribution in [2.24, 2.45) is 13.0 Å². The van der Waals surface area contributed by atoms with Crippen LogP contribution in [0.15, 0.2) is 42.7 Å². The zero-order valence-electron chi connectivity index (χ0n) is 12.5. The molecule has 0 spiro atoms. The summed E-state index contributed by atoms with van der Waals surface area (Å²) in [5, 5.41) is 3.22. The van der Waals surface area contributed by atoms with Crippen LogP contribution in [0.2, 0.25) is 0 Å². The Bertz CT molecular complexity index is 566. The van der Waals surface area contributed by atoms with Crippen molar-refractivity contribution in [2.45, 2.75) is 20.1 Å². The number of carbonyl (C=O) groups excluding carboxylic acids is 1. The van der Waals surface area contributed by atoms with Crippen LogP contribution >= 0.6 is 0 Å². The average molecular weight is 287 g/mol. The maximum Gasteiger partial charge on any atom is 0.310 e. The van der Waals surface area contributed by atoms with Crippen LogP contribution in [-0.2, 0) is 29.7 Å². The van der Waals surface area contributed by atoms with E-state index in [2.05, 4.69) is 10.3 Å². The minimum Gasteiger partial charge on any atom is -0.461 e. The summed E-state index contributed by atoms with van der Waals surface area (Å²) in [5.41, 5.74) is 0.999. The molecule has 0 aliphatic rings. The molecule has 5 heteroatoms. The zero-order chi connectivity index (χ0) is 15.1. The Morgan fingerprint density at radius 3 is 2.81 bits per heavy atom. The molecule has 1 heterocycles. The van der Waals surface area contributed by atoms with Gasteiger partial charge >= 0.3 is 5.97 Å². The van der Waals surface area contributed by atoms with Gasteiger partial charge in [-0.1, -0.05) is 37.3 Å². The van der Waals surface area contributed by atoms with Crippen molar-refractivity contribution >= 4 is 5.97 Å². The highest BCUT2D eigenvalue weighted by Gasteiger charge is 2.14. The minimum absolute atomic E-state index is 0.186. The molecule has 112 valence electrons. The van der Waals surface area contributed by atoms with Gasteiger partial charge in [-0.2, -0.15) is 0 Å². The molecule has 1 N–H and O–H groups in total. The van der Waals surface area contributed by atoms with Crippen LogP contribution in [0, 0.1) is 5.92 Å². The number of imidazole rings is 1. The zero-order valence-corrected chi connectivity index (χ0v) is 12.5. The number of carbonyl (C=O) groups is 1. The monoisotopic (exact) mass is 287 g/mol. The Hall–Kier alpha value is -2.14. The van der Waals surface area contributed by atoms with Gasteiger partial charge < -0.3 is 14.6 Å². The summed E-state index contributed by atoms with van der Waals surface area (Å²) in [6.07, 6.45) is 3.66. The molecule has 0 saturated heterocycles. The predicted octanol–water partition coefficient (Wildman–Crippen LogP) is 1.89. The summed E-state index contributed by atoms with van der Waals surface area (Å²) in [6, 6.07) is 9.69. The Morgan fingerprint density at radius 1 is 1.38 bits per heavy atom. The van der Waals surface area contributed by atoms with Crippen LogP contribution in [-0.4, -0.2) is 22.1 Å². The number of esters is 1. The molecule has 1 atom stereocenters. The van der Waals surface area contributed by atoms with Gasteiger partial charge in [0, 0.05) is 26.0 Å². The second-order valence-electron chi connectivity index (χ2n) is 5.08. The lowest BCUT2D eigenvalue weighted by Gasteiger charge is -2.12. The van der Waals surface area contributed by atoms with E-state index in [-0.39, 0.29) is 11.9 Å². The first-order chi connectivity index (χ1) is 10.2. The van der Waals surface area contributed by atoms with E-state index in [4.69, 9.17) is 4.74 Å². The first-order valence-corrected chi connectivity index (χ1v) is 7.04. The molecule has 21 heavy (non-hydrogen) atoms. The summed E-state index contributed by atoms with van der Waals surface area (Å²) >= 11 is 0. The maximum absolute atomic E-state index is 11.9. The number of benzene rings is 1. The highest BCUT2D eigenvalue weighted by molar-refractivity contribution is 5.72. The van der Waals surface area contributed by atoms with Crippen molar-refractivity contribution in [1.82, 2.24) is 14.9 Å². The quantitative estimate of drug-likeness (QED) is 0.790. The van der Waals surface area contributed by atoms with Gasteiger partial charge in [-0.15, -0.1) is 0 Å². The molecule has 1 unspecified atom stereocenters. The third-order valence-corrected chi connectivity index (χ3v) is 3.28.